The van der Waals surface area contributed by atoms with Crippen molar-refractivity contribution < 1.29 is 18.3 Å². The van der Waals surface area contributed by atoms with E-state index in [0.717, 1.165) is 72.4 Å². The third kappa shape index (κ3) is 8.12. The van der Waals surface area contributed by atoms with Crippen LogP contribution >= 0.6 is 0 Å². The van der Waals surface area contributed by atoms with Gasteiger partial charge in [-0.25, -0.2) is 13.7 Å². The van der Waals surface area contributed by atoms with Crippen LogP contribution in [0.5, 0.6) is 0 Å². The maximum absolute atomic E-state index is 7.32. The summed E-state index contributed by atoms with van der Waals surface area (Å²) in [6.07, 6.45) is 2.69. The van der Waals surface area contributed by atoms with Crippen LogP contribution in [-0.2, 0) is 37.4 Å². The number of aromatic nitrogens is 3. The minimum atomic E-state index is -0.866. The van der Waals surface area contributed by atoms with Crippen molar-refractivity contribution in [1.29, 1.82) is 0 Å². The van der Waals surface area contributed by atoms with E-state index in [0.29, 0.717) is 24.8 Å². The summed E-state index contributed by atoms with van der Waals surface area (Å²) in [5.74, 6) is 1.70. The summed E-state index contributed by atoms with van der Waals surface area (Å²) in [5, 5.41) is 2.16. The van der Waals surface area contributed by atoms with Crippen LogP contribution in [0.4, 0.5) is 0 Å². The number of furan rings is 1. The van der Waals surface area contributed by atoms with Gasteiger partial charge < -0.3 is 9.15 Å². The van der Waals surface area contributed by atoms with Crippen molar-refractivity contribution in [3.8, 4) is 44.8 Å². The molecule has 0 bridgehead atoms. The van der Waals surface area contributed by atoms with Crippen LogP contribution in [0, 0.1) is 6.92 Å². The van der Waals surface area contributed by atoms with Crippen molar-refractivity contribution >= 4 is 33.0 Å². The average molecular weight is 942 g/mol. The smallest absolute Gasteiger partial charge is 0.294 e. The van der Waals surface area contributed by atoms with Gasteiger partial charge in [0.25, 0.3) is 5.82 Å². The van der Waals surface area contributed by atoms with Gasteiger partial charge in [0.05, 0.1) is 7.05 Å². The molecule has 5 nitrogen and oxygen atoms in total. The van der Waals surface area contributed by atoms with Gasteiger partial charge in [0.2, 0.25) is 5.69 Å². The molecule has 1 unspecified atom stereocenters. The van der Waals surface area contributed by atoms with Crippen molar-refractivity contribution in [2.75, 3.05) is 7.11 Å². The maximum atomic E-state index is 7.32. The first-order valence-electron chi connectivity index (χ1n) is 25.4. The van der Waals surface area contributed by atoms with E-state index < -0.39 is 5.60 Å². The zero-order valence-corrected chi connectivity index (χ0v) is 42.8. The molecular weight excluding hydrogens is 879 g/mol. The van der Waals surface area contributed by atoms with Gasteiger partial charge >= 0.3 is 0 Å². The molecule has 0 amide bonds. The van der Waals surface area contributed by atoms with Gasteiger partial charge in [-0.2, -0.15) is 0 Å². The number of methoxy groups -OCH3 is 1. The molecule has 5 heteroatoms. The predicted molar refractivity (Wildman–Crippen MR) is 296 cm³/mol. The molecule has 8 aromatic carbocycles. The maximum Gasteiger partial charge on any atom is 0.294 e. The van der Waals surface area contributed by atoms with Crippen LogP contribution in [0.3, 0.4) is 0 Å². The Morgan fingerprint density at radius 3 is 1.74 bits per heavy atom. The molecule has 0 spiro atoms. The largest absolute Gasteiger partial charge is 0.455 e. The molecule has 356 valence electrons. The number of rotatable bonds is 13. The molecule has 11 rings (SSSR count). The highest BCUT2D eigenvalue weighted by Crippen LogP contribution is 2.45. The Morgan fingerprint density at radius 1 is 0.569 bits per heavy atom. The molecule has 3 aromatic heterocycles. The molecule has 0 fully saturated rings. The van der Waals surface area contributed by atoms with Crippen molar-refractivity contribution in [3.63, 3.8) is 0 Å². The molecule has 1 atom stereocenters. The van der Waals surface area contributed by atoms with E-state index in [1.807, 2.05) is 7.11 Å². The Labute approximate surface area is 424 Å². The molecule has 0 aliphatic carbocycles. The quantitative estimate of drug-likeness (QED) is 0.108. The fourth-order valence-electron chi connectivity index (χ4n) is 11.5. The Hall–Kier alpha value is -7.86. The van der Waals surface area contributed by atoms with Crippen molar-refractivity contribution in [3.05, 3.63) is 239 Å². The van der Waals surface area contributed by atoms with Crippen LogP contribution in [0.1, 0.15) is 78.6 Å². The Kier molecular flexibility index (Phi) is 12.3. The summed E-state index contributed by atoms with van der Waals surface area (Å²) in [4.78, 5) is 0. The number of pyridine rings is 1. The second-order valence-corrected chi connectivity index (χ2v) is 20.2. The standard InChI is InChI=1S/C67H63N3O2/c1-44(2)56-38-52(49-26-16-11-17-27-49)39-57(45(3)4)59(56)43-70-61-29-19-18-28-60(61)69(7)66(70)64-46(5)53(40-58-55-36-33-51(41-62(55)72-65(58)64)48-24-14-10-15-25-48)42-67(71-8,63-30-20-21-37-68(63)6)54-34-31-50(32-35-54)47-22-12-9-13-23-47/h9-41,44-45H,42-43H2,1-8H3/q+2. The summed E-state index contributed by atoms with van der Waals surface area (Å²) in [6.45, 7) is 12.3. The fourth-order valence-corrected chi connectivity index (χ4v) is 11.5. The molecule has 0 aliphatic heterocycles. The second kappa shape index (κ2) is 19.0. The van der Waals surface area contributed by atoms with Gasteiger partial charge in [-0.1, -0.05) is 173 Å². The third-order valence-electron chi connectivity index (χ3n) is 15.3. The van der Waals surface area contributed by atoms with E-state index in [1.165, 1.54) is 44.5 Å². The highest BCUT2D eigenvalue weighted by molar-refractivity contribution is 6.11. The van der Waals surface area contributed by atoms with Crippen LogP contribution in [-0.4, -0.2) is 11.7 Å². The number of fused-ring (bicyclic) bond motifs is 4. The Morgan fingerprint density at radius 2 is 1.12 bits per heavy atom. The highest BCUT2D eigenvalue weighted by atomic mass is 16.5. The van der Waals surface area contributed by atoms with Crippen LogP contribution in [0.2, 0.25) is 0 Å². The van der Waals surface area contributed by atoms with E-state index in [2.05, 4.69) is 263 Å². The molecule has 0 saturated carbocycles. The third-order valence-corrected chi connectivity index (χ3v) is 15.3. The minimum absolute atomic E-state index is 0.300. The number of hydrogen-bond donors (Lipinski definition) is 0. The van der Waals surface area contributed by atoms with Gasteiger partial charge in [-0.15, -0.1) is 0 Å². The number of imidazole rings is 1. The lowest BCUT2D eigenvalue weighted by molar-refractivity contribution is -0.685. The number of nitrogens with zero attached hydrogens (tertiary/aromatic N) is 3. The SMILES string of the molecule is COC(Cc1cc2c(oc3cc(-c4ccccc4)ccc32)c(-c2n(Cc3c(C(C)C)cc(-c4ccccc4)cc3C(C)C)c3ccccc3[n+]2C)c1C)(c1ccc(-c2ccccc2)cc1)c1cccc[n+]1C. The Balaban J connectivity index is 1.18. The monoisotopic (exact) mass is 941 g/mol. The van der Waals surface area contributed by atoms with Gasteiger partial charge in [0.1, 0.15) is 24.7 Å². The second-order valence-electron chi connectivity index (χ2n) is 20.2. The summed E-state index contributed by atoms with van der Waals surface area (Å²) in [5.41, 5.74) is 20.0. The topological polar surface area (TPSA) is 35.1 Å². The average Bonchev–Trinajstić information content (AvgIpc) is 3.91. The molecule has 11 aromatic rings. The van der Waals surface area contributed by atoms with Gasteiger partial charge in [-0.05, 0) is 116 Å². The van der Waals surface area contributed by atoms with Crippen molar-refractivity contribution in [2.45, 2.75) is 65.0 Å². The van der Waals surface area contributed by atoms with E-state index >= 15 is 0 Å². The molecule has 0 radical (unpaired) electrons. The first-order valence-corrected chi connectivity index (χ1v) is 25.4. The van der Waals surface area contributed by atoms with E-state index in [4.69, 9.17) is 9.15 Å². The molecule has 3 heterocycles. The van der Waals surface area contributed by atoms with Crippen LogP contribution in [0.15, 0.2) is 205 Å². The van der Waals surface area contributed by atoms with Crippen molar-refractivity contribution in [2.24, 2.45) is 14.1 Å². The first-order chi connectivity index (χ1) is 35.0. The minimum Gasteiger partial charge on any atom is -0.455 e. The highest BCUT2D eigenvalue weighted by Gasteiger charge is 2.43. The zero-order chi connectivity index (χ0) is 49.7. The van der Waals surface area contributed by atoms with E-state index in [9.17, 15) is 0 Å². The normalized spacial score (nSPS) is 12.7. The Bertz CT molecular complexity index is 3730. The van der Waals surface area contributed by atoms with Crippen LogP contribution < -0.4 is 9.13 Å². The number of aryl methyl sites for hydroxylation is 2. The number of benzene rings is 8. The lowest BCUT2D eigenvalue weighted by Crippen LogP contribution is -2.46. The van der Waals surface area contributed by atoms with Gasteiger partial charge in [0.15, 0.2) is 28.4 Å². The van der Waals surface area contributed by atoms with Gasteiger partial charge in [0, 0.05) is 42.0 Å². The first kappa shape index (κ1) is 46.5. The predicted octanol–water partition coefficient (Wildman–Crippen LogP) is 15.6. The molecular formula is C67H63N3O2+2. The van der Waals surface area contributed by atoms with E-state index in [1.54, 1.807) is 0 Å². The zero-order valence-electron chi connectivity index (χ0n) is 42.8. The van der Waals surface area contributed by atoms with Crippen molar-refractivity contribution in [1.82, 2.24) is 4.57 Å². The van der Waals surface area contributed by atoms with Crippen LogP contribution in [0.25, 0.3) is 77.7 Å². The lowest BCUT2D eigenvalue weighted by atomic mass is 9.80. The van der Waals surface area contributed by atoms with E-state index in [-0.39, 0.29) is 0 Å². The summed E-state index contributed by atoms with van der Waals surface area (Å²) >= 11 is 0. The fraction of sp³-hybridized carbons (Fsp3) is 0.194. The molecule has 0 aliphatic rings. The molecule has 0 N–H and O–H groups in total. The number of ether oxygens (including phenoxy) is 1. The lowest BCUT2D eigenvalue weighted by Gasteiger charge is -2.32. The summed E-state index contributed by atoms with van der Waals surface area (Å²) < 4.78 is 21.5. The number of para-hydroxylation sites is 2. The summed E-state index contributed by atoms with van der Waals surface area (Å²) in [6, 6.07) is 70.3. The molecule has 72 heavy (non-hydrogen) atoms. The number of hydrogen-bond acceptors (Lipinski definition) is 2. The van der Waals surface area contributed by atoms with Gasteiger partial charge in [-0.3, -0.25) is 0 Å². The molecule has 0 saturated heterocycles. The summed E-state index contributed by atoms with van der Waals surface area (Å²) in [7, 11) is 6.22.